The molecule has 0 spiro atoms. The van der Waals surface area contributed by atoms with E-state index >= 15 is 0 Å². The Kier molecular flexibility index (Phi) is 4.55. The maximum absolute atomic E-state index is 11.5. The molecule has 2 N–H and O–H groups in total. The fourth-order valence-electron chi connectivity index (χ4n) is 1.70. The minimum atomic E-state index is -1.49. The predicted octanol–water partition coefficient (Wildman–Crippen LogP) is -0.689. The predicted molar refractivity (Wildman–Crippen MR) is 75.0 cm³/mol. The van der Waals surface area contributed by atoms with Crippen molar-refractivity contribution in [3.63, 3.8) is 0 Å². The third kappa shape index (κ3) is 3.69. The topological polar surface area (TPSA) is 84.6 Å². The van der Waals surface area contributed by atoms with Crippen LogP contribution in [0.2, 0.25) is 0 Å². The smallest absolute Gasteiger partial charge is 0.488 e. The normalized spacial score (nSPS) is 10.3. The van der Waals surface area contributed by atoms with Crippen molar-refractivity contribution in [2.75, 3.05) is 6.61 Å². The van der Waals surface area contributed by atoms with E-state index < -0.39 is 7.12 Å². The second kappa shape index (κ2) is 6.36. The molecule has 0 aliphatic rings. The monoisotopic (exact) mass is 274 g/mol. The standard InChI is InChI=1S/C13H15BN2O4/c1-10-2-7-13(17)16(15-10)8-9-20-12-5-3-11(4-6-12)14(18)19/h2-7,18-19H,8-9H2,1H3. The van der Waals surface area contributed by atoms with Crippen molar-refractivity contribution in [2.24, 2.45) is 0 Å². The van der Waals surface area contributed by atoms with Gasteiger partial charge in [-0.25, -0.2) is 4.68 Å². The van der Waals surface area contributed by atoms with Crippen LogP contribution in [-0.2, 0) is 6.54 Å². The van der Waals surface area contributed by atoms with Gasteiger partial charge in [-0.05, 0) is 30.6 Å². The van der Waals surface area contributed by atoms with Crippen molar-refractivity contribution in [3.8, 4) is 5.75 Å². The van der Waals surface area contributed by atoms with E-state index in [-0.39, 0.29) is 5.56 Å². The highest BCUT2D eigenvalue weighted by Crippen LogP contribution is 2.07. The zero-order valence-corrected chi connectivity index (χ0v) is 11.1. The molecule has 0 fully saturated rings. The summed E-state index contributed by atoms with van der Waals surface area (Å²) in [6.07, 6.45) is 0. The highest BCUT2D eigenvalue weighted by Gasteiger charge is 2.09. The van der Waals surface area contributed by atoms with E-state index in [2.05, 4.69) is 5.10 Å². The molecular formula is C13H15BN2O4. The Morgan fingerprint density at radius 2 is 1.90 bits per heavy atom. The van der Waals surface area contributed by atoms with Crippen LogP contribution in [0.4, 0.5) is 0 Å². The van der Waals surface area contributed by atoms with E-state index in [0.717, 1.165) is 5.69 Å². The lowest BCUT2D eigenvalue weighted by Gasteiger charge is -2.08. The molecule has 0 amide bonds. The molecule has 2 aromatic rings. The van der Waals surface area contributed by atoms with Crippen molar-refractivity contribution in [2.45, 2.75) is 13.5 Å². The zero-order chi connectivity index (χ0) is 14.5. The van der Waals surface area contributed by atoms with Crippen molar-refractivity contribution in [1.82, 2.24) is 9.78 Å². The van der Waals surface area contributed by atoms with E-state index in [4.69, 9.17) is 14.8 Å². The number of benzene rings is 1. The minimum absolute atomic E-state index is 0.169. The van der Waals surface area contributed by atoms with Gasteiger partial charge in [0.2, 0.25) is 0 Å². The third-order valence-electron chi connectivity index (χ3n) is 2.75. The van der Waals surface area contributed by atoms with Gasteiger partial charge in [0.25, 0.3) is 5.56 Å². The molecule has 104 valence electrons. The molecule has 0 radical (unpaired) electrons. The second-order valence-electron chi connectivity index (χ2n) is 4.33. The molecule has 0 bridgehead atoms. The van der Waals surface area contributed by atoms with Gasteiger partial charge >= 0.3 is 7.12 Å². The average molecular weight is 274 g/mol. The summed E-state index contributed by atoms with van der Waals surface area (Å²) in [5.41, 5.74) is 0.998. The fourth-order valence-corrected chi connectivity index (χ4v) is 1.70. The van der Waals surface area contributed by atoms with Gasteiger partial charge in [0.05, 0.1) is 12.2 Å². The summed E-state index contributed by atoms with van der Waals surface area (Å²) in [6, 6.07) is 9.55. The molecule has 0 saturated carbocycles. The minimum Gasteiger partial charge on any atom is -0.492 e. The van der Waals surface area contributed by atoms with Crippen LogP contribution >= 0.6 is 0 Å². The second-order valence-corrected chi connectivity index (χ2v) is 4.33. The number of ether oxygens (including phenoxy) is 1. The quantitative estimate of drug-likeness (QED) is 0.705. The Morgan fingerprint density at radius 1 is 1.20 bits per heavy atom. The van der Waals surface area contributed by atoms with Crippen molar-refractivity contribution < 1.29 is 14.8 Å². The summed E-state index contributed by atoms with van der Waals surface area (Å²) in [7, 11) is -1.49. The SMILES string of the molecule is Cc1ccc(=O)n(CCOc2ccc(B(O)O)cc2)n1. The summed E-state index contributed by atoms with van der Waals surface area (Å²) >= 11 is 0. The lowest BCUT2D eigenvalue weighted by molar-refractivity contribution is 0.287. The first-order valence-electron chi connectivity index (χ1n) is 6.20. The molecule has 0 aliphatic heterocycles. The van der Waals surface area contributed by atoms with E-state index in [0.29, 0.717) is 24.4 Å². The Balaban J connectivity index is 1.92. The molecule has 0 atom stereocenters. The molecule has 0 unspecified atom stereocenters. The molecule has 0 aliphatic carbocycles. The van der Waals surface area contributed by atoms with Gasteiger partial charge in [-0.3, -0.25) is 4.79 Å². The molecule has 6 nitrogen and oxygen atoms in total. The Labute approximate surface area is 116 Å². The number of nitrogens with zero attached hydrogens (tertiary/aromatic N) is 2. The van der Waals surface area contributed by atoms with Crippen molar-refractivity contribution >= 4 is 12.6 Å². The van der Waals surface area contributed by atoms with Crippen LogP contribution in [0.1, 0.15) is 5.69 Å². The van der Waals surface area contributed by atoms with E-state index in [9.17, 15) is 4.79 Å². The number of hydrogen-bond acceptors (Lipinski definition) is 5. The van der Waals surface area contributed by atoms with Gasteiger partial charge in [-0.15, -0.1) is 0 Å². The van der Waals surface area contributed by atoms with Gasteiger partial charge in [-0.2, -0.15) is 5.10 Å². The van der Waals surface area contributed by atoms with Crippen molar-refractivity contribution in [3.05, 3.63) is 52.4 Å². The molecule has 2 rings (SSSR count). The molecule has 1 aromatic heterocycles. The van der Waals surface area contributed by atoms with Crippen LogP contribution in [0.15, 0.2) is 41.2 Å². The van der Waals surface area contributed by atoms with E-state index in [1.807, 2.05) is 6.92 Å². The zero-order valence-electron chi connectivity index (χ0n) is 11.1. The highest BCUT2D eigenvalue weighted by atomic mass is 16.5. The van der Waals surface area contributed by atoms with Gasteiger partial charge in [0.15, 0.2) is 0 Å². The maximum Gasteiger partial charge on any atom is 0.488 e. The summed E-state index contributed by atoms with van der Waals surface area (Å²) in [4.78, 5) is 11.5. The number of aryl methyl sites for hydroxylation is 1. The Hall–Kier alpha value is -2.12. The average Bonchev–Trinajstić information content (AvgIpc) is 2.43. The number of aromatic nitrogens is 2. The summed E-state index contributed by atoms with van der Waals surface area (Å²) in [5.74, 6) is 0.593. The summed E-state index contributed by atoms with van der Waals surface area (Å²) in [6.45, 7) is 2.47. The lowest BCUT2D eigenvalue weighted by Crippen LogP contribution is -2.29. The van der Waals surface area contributed by atoms with Crippen LogP contribution in [-0.4, -0.2) is 33.6 Å². The molecular weight excluding hydrogens is 259 g/mol. The summed E-state index contributed by atoms with van der Waals surface area (Å²) in [5, 5.41) is 22.0. The Bertz CT molecular complexity index is 625. The molecule has 7 heteroatoms. The van der Waals surface area contributed by atoms with Crippen LogP contribution in [0.5, 0.6) is 5.75 Å². The van der Waals surface area contributed by atoms with E-state index in [1.54, 1.807) is 30.3 Å². The van der Waals surface area contributed by atoms with Crippen LogP contribution in [0.3, 0.4) is 0 Å². The molecule has 0 saturated heterocycles. The van der Waals surface area contributed by atoms with E-state index in [1.165, 1.54) is 10.7 Å². The van der Waals surface area contributed by atoms with Gasteiger partial charge in [0, 0.05) is 6.07 Å². The van der Waals surface area contributed by atoms with Gasteiger partial charge in [0.1, 0.15) is 12.4 Å². The fraction of sp³-hybridized carbons (Fsp3) is 0.231. The van der Waals surface area contributed by atoms with Crippen LogP contribution in [0.25, 0.3) is 0 Å². The van der Waals surface area contributed by atoms with Crippen LogP contribution < -0.4 is 15.8 Å². The van der Waals surface area contributed by atoms with Gasteiger partial charge in [-0.1, -0.05) is 12.1 Å². The third-order valence-corrected chi connectivity index (χ3v) is 2.75. The van der Waals surface area contributed by atoms with Gasteiger partial charge < -0.3 is 14.8 Å². The van der Waals surface area contributed by atoms with Crippen molar-refractivity contribution in [1.29, 1.82) is 0 Å². The largest absolute Gasteiger partial charge is 0.492 e. The highest BCUT2D eigenvalue weighted by molar-refractivity contribution is 6.58. The first-order chi connectivity index (χ1) is 9.56. The first-order valence-corrected chi connectivity index (χ1v) is 6.20. The molecule has 20 heavy (non-hydrogen) atoms. The number of rotatable bonds is 5. The summed E-state index contributed by atoms with van der Waals surface area (Å²) < 4.78 is 6.82. The molecule has 1 aromatic carbocycles. The Morgan fingerprint density at radius 3 is 2.55 bits per heavy atom. The first kappa shape index (κ1) is 14.3. The van der Waals surface area contributed by atoms with Crippen LogP contribution in [0, 0.1) is 6.92 Å². The molecule has 1 heterocycles. The lowest BCUT2D eigenvalue weighted by atomic mass is 9.80. The maximum atomic E-state index is 11.5. The number of hydrogen-bond donors (Lipinski definition) is 2.